The summed E-state index contributed by atoms with van der Waals surface area (Å²) >= 11 is 0. The molecule has 0 radical (unpaired) electrons. The number of rotatable bonds is 8. The van der Waals surface area contributed by atoms with Crippen LogP contribution in [0.15, 0.2) is 12.3 Å². The number of nitrogens with zero attached hydrogens (tertiary/aromatic N) is 2. The molecular weight excluding hydrogens is 238 g/mol. The Bertz CT molecular complexity index is 380. The molecule has 1 N–H and O–H groups in total. The van der Waals surface area contributed by atoms with Crippen molar-refractivity contribution in [3.8, 4) is 0 Å². The molecule has 1 heterocycles. The van der Waals surface area contributed by atoms with E-state index in [2.05, 4.69) is 49.1 Å². The molecule has 4 nitrogen and oxygen atoms in total. The van der Waals surface area contributed by atoms with E-state index in [0.717, 1.165) is 31.9 Å². The van der Waals surface area contributed by atoms with E-state index in [1.54, 1.807) is 7.11 Å². The fraction of sp³-hybridized carbons (Fsp3) is 0.667. The van der Waals surface area contributed by atoms with Crippen LogP contribution in [0.2, 0.25) is 0 Å². The standard InChI is InChI=1S/C15H27N3O/c1-12(2)16-10-14-9-13(3)15(17-11-14)18(4)7-6-8-19-5/h9,11-12,16H,6-8,10H2,1-5H3. The lowest BCUT2D eigenvalue weighted by atomic mass is 10.2. The first-order valence-corrected chi connectivity index (χ1v) is 6.93. The zero-order valence-corrected chi connectivity index (χ0v) is 12.9. The summed E-state index contributed by atoms with van der Waals surface area (Å²) in [6.45, 7) is 9.05. The first kappa shape index (κ1) is 15.9. The van der Waals surface area contributed by atoms with E-state index in [4.69, 9.17) is 4.74 Å². The molecule has 0 atom stereocenters. The second-order valence-corrected chi connectivity index (χ2v) is 5.29. The van der Waals surface area contributed by atoms with Gasteiger partial charge in [-0.05, 0) is 30.5 Å². The molecule has 0 unspecified atom stereocenters. The van der Waals surface area contributed by atoms with Gasteiger partial charge in [-0.25, -0.2) is 4.98 Å². The maximum atomic E-state index is 5.08. The van der Waals surface area contributed by atoms with Gasteiger partial charge in [0.15, 0.2) is 0 Å². The maximum Gasteiger partial charge on any atom is 0.131 e. The van der Waals surface area contributed by atoms with Gasteiger partial charge in [-0.3, -0.25) is 0 Å². The summed E-state index contributed by atoms with van der Waals surface area (Å²) in [6.07, 6.45) is 2.98. The topological polar surface area (TPSA) is 37.4 Å². The Balaban J connectivity index is 2.60. The minimum Gasteiger partial charge on any atom is -0.385 e. The molecule has 0 bridgehead atoms. The highest BCUT2D eigenvalue weighted by molar-refractivity contribution is 5.46. The summed E-state index contributed by atoms with van der Waals surface area (Å²) in [5.41, 5.74) is 2.46. The van der Waals surface area contributed by atoms with Crippen LogP contribution >= 0.6 is 0 Å². The molecule has 0 spiro atoms. The van der Waals surface area contributed by atoms with Crippen molar-refractivity contribution in [1.29, 1.82) is 0 Å². The summed E-state index contributed by atoms with van der Waals surface area (Å²) in [4.78, 5) is 6.77. The highest BCUT2D eigenvalue weighted by Crippen LogP contribution is 2.17. The lowest BCUT2D eigenvalue weighted by Crippen LogP contribution is -2.23. The summed E-state index contributed by atoms with van der Waals surface area (Å²) in [5, 5.41) is 3.41. The number of aromatic nitrogens is 1. The average molecular weight is 265 g/mol. The van der Waals surface area contributed by atoms with Gasteiger partial charge < -0.3 is 15.0 Å². The molecule has 0 amide bonds. The van der Waals surface area contributed by atoms with Gasteiger partial charge in [0, 0.05) is 46.1 Å². The van der Waals surface area contributed by atoms with E-state index < -0.39 is 0 Å². The minimum absolute atomic E-state index is 0.497. The van der Waals surface area contributed by atoms with Crippen molar-refractivity contribution in [1.82, 2.24) is 10.3 Å². The maximum absolute atomic E-state index is 5.08. The van der Waals surface area contributed by atoms with Crippen LogP contribution in [-0.2, 0) is 11.3 Å². The summed E-state index contributed by atoms with van der Waals surface area (Å²) in [5.74, 6) is 1.06. The van der Waals surface area contributed by atoms with E-state index in [1.165, 1.54) is 11.1 Å². The number of hydrogen-bond donors (Lipinski definition) is 1. The average Bonchev–Trinajstić information content (AvgIpc) is 2.36. The molecule has 0 aromatic carbocycles. The van der Waals surface area contributed by atoms with Gasteiger partial charge >= 0.3 is 0 Å². The number of nitrogens with one attached hydrogen (secondary N) is 1. The Labute approximate surface area is 117 Å². The Morgan fingerprint density at radius 1 is 1.42 bits per heavy atom. The Morgan fingerprint density at radius 3 is 2.74 bits per heavy atom. The number of aryl methyl sites for hydroxylation is 1. The Kier molecular flexibility index (Phi) is 6.81. The van der Waals surface area contributed by atoms with Crippen molar-refractivity contribution in [2.45, 2.75) is 39.8 Å². The molecule has 0 aliphatic heterocycles. The van der Waals surface area contributed by atoms with Crippen LogP contribution in [0, 0.1) is 6.92 Å². The first-order valence-electron chi connectivity index (χ1n) is 6.93. The number of hydrogen-bond acceptors (Lipinski definition) is 4. The van der Waals surface area contributed by atoms with Gasteiger partial charge in [-0.2, -0.15) is 0 Å². The lowest BCUT2D eigenvalue weighted by Gasteiger charge is -2.20. The fourth-order valence-electron chi connectivity index (χ4n) is 2.00. The number of pyridine rings is 1. The van der Waals surface area contributed by atoms with Crippen LogP contribution in [-0.4, -0.2) is 38.3 Å². The van der Waals surface area contributed by atoms with Gasteiger partial charge in [0.25, 0.3) is 0 Å². The van der Waals surface area contributed by atoms with Crippen LogP contribution in [0.3, 0.4) is 0 Å². The number of ether oxygens (including phenoxy) is 1. The van der Waals surface area contributed by atoms with Gasteiger partial charge in [-0.1, -0.05) is 13.8 Å². The highest BCUT2D eigenvalue weighted by atomic mass is 16.5. The van der Waals surface area contributed by atoms with Crippen LogP contribution in [0.25, 0.3) is 0 Å². The van der Waals surface area contributed by atoms with E-state index in [0.29, 0.717) is 6.04 Å². The molecule has 108 valence electrons. The van der Waals surface area contributed by atoms with Crippen LogP contribution in [0.5, 0.6) is 0 Å². The second-order valence-electron chi connectivity index (χ2n) is 5.29. The third kappa shape index (κ3) is 5.57. The third-order valence-corrected chi connectivity index (χ3v) is 3.03. The van der Waals surface area contributed by atoms with Crippen molar-refractivity contribution < 1.29 is 4.74 Å². The molecule has 0 aliphatic rings. The molecule has 0 aliphatic carbocycles. The fourth-order valence-corrected chi connectivity index (χ4v) is 2.00. The normalized spacial score (nSPS) is 11.1. The zero-order valence-electron chi connectivity index (χ0n) is 12.9. The minimum atomic E-state index is 0.497. The summed E-state index contributed by atoms with van der Waals surface area (Å²) in [6, 6.07) is 2.71. The molecule has 0 saturated carbocycles. The largest absolute Gasteiger partial charge is 0.385 e. The predicted octanol–water partition coefficient (Wildman–Crippen LogP) is 2.36. The molecule has 1 rings (SSSR count). The molecule has 0 saturated heterocycles. The third-order valence-electron chi connectivity index (χ3n) is 3.03. The van der Waals surface area contributed by atoms with Gasteiger partial charge in [0.2, 0.25) is 0 Å². The number of methoxy groups -OCH3 is 1. The number of anilines is 1. The Morgan fingerprint density at radius 2 is 2.16 bits per heavy atom. The quantitative estimate of drug-likeness (QED) is 0.732. The van der Waals surface area contributed by atoms with Gasteiger partial charge in [-0.15, -0.1) is 0 Å². The van der Waals surface area contributed by atoms with Crippen LogP contribution < -0.4 is 10.2 Å². The molecule has 0 fully saturated rings. The van der Waals surface area contributed by atoms with Crippen molar-refractivity contribution in [2.24, 2.45) is 0 Å². The van der Waals surface area contributed by atoms with Gasteiger partial charge in [0.05, 0.1) is 0 Å². The van der Waals surface area contributed by atoms with Crippen molar-refractivity contribution in [3.63, 3.8) is 0 Å². The molecule has 1 aromatic rings. The van der Waals surface area contributed by atoms with Crippen molar-refractivity contribution >= 4 is 5.82 Å². The smallest absolute Gasteiger partial charge is 0.131 e. The monoisotopic (exact) mass is 265 g/mol. The van der Waals surface area contributed by atoms with E-state index >= 15 is 0 Å². The summed E-state index contributed by atoms with van der Waals surface area (Å²) in [7, 11) is 3.82. The highest BCUT2D eigenvalue weighted by Gasteiger charge is 2.07. The van der Waals surface area contributed by atoms with Crippen molar-refractivity contribution in [2.75, 3.05) is 32.2 Å². The van der Waals surface area contributed by atoms with E-state index in [9.17, 15) is 0 Å². The molecular formula is C15H27N3O. The molecule has 4 heteroatoms. The Hall–Kier alpha value is -1.13. The first-order chi connectivity index (χ1) is 9.04. The SMILES string of the molecule is COCCCN(C)c1ncc(CNC(C)C)cc1C. The lowest BCUT2D eigenvalue weighted by molar-refractivity contribution is 0.196. The second kappa shape index (κ2) is 8.12. The summed E-state index contributed by atoms with van der Waals surface area (Å²) < 4.78 is 5.08. The van der Waals surface area contributed by atoms with E-state index in [1.807, 2.05) is 6.20 Å². The van der Waals surface area contributed by atoms with Crippen LogP contribution in [0.1, 0.15) is 31.4 Å². The van der Waals surface area contributed by atoms with Crippen molar-refractivity contribution in [3.05, 3.63) is 23.4 Å². The van der Waals surface area contributed by atoms with Gasteiger partial charge in [0.1, 0.15) is 5.82 Å². The van der Waals surface area contributed by atoms with Crippen LogP contribution in [0.4, 0.5) is 5.82 Å². The predicted molar refractivity (Wildman–Crippen MR) is 80.7 cm³/mol. The molecule has 1 aromatic heterocycles. The molecule has 19 heavy (non-hydrogen) atoms. The van der Waals surface area contributed by atoms with E-state index in [-0.39, 0.29) is 0 Å². The zero-order chi connectivity index (χ0) is 14.3.